The van der Waals surface area contributed by atoms with E-state index in [0.29, 0.717) is 11.5 Å². The lowest BCUT2D eigenvalue weighted by molar-refractivity contribution is 0.511. The van der Waals surface area contributed by atoms with E-state index in [9.17, 15) is 8.78 Å². The number of nitrogens with zero attached hydrogens (tertiary/aromatic N) is 1. The van der Waals surface area contributed by atoms with Crippen LogP contribution in [0.4, 0.5) is 26.0 Å². The molecule has 0 saturated carbocycles. The van der Waals surface area contributed by atoms with Crippen LogP contribution in [0.3, 0.4) is 0 Å². The van der Waals surface area contributed by atoms with Gasteiger partial charge in [-0.2, -0.15) is 0 Å². The maximum absolute atomic E-state index is 13.4. The van der Waals surface area contributed by atoms with E-state index in [0.717, 1.165) is 11.8 Å². The zero-order valence-electron chi connectivity index (χ0n) is 9.17. The van der Waals surface area contributed by atoms with E-state index in [2.05, 4.69) is 10.3 Å². The van der Waals surface area contributed by atoms with Gasteiger partial charge in [0.15, 0.2) is 17.5 Å². The van der Waals surface area contributed by atoms with E-state index in [1.54, 1.807) is 19.1 Å². The molecule has 0 radical (unpaired) electrons. The molecule has 88 valence electrons. The number of benzene rings is 1. The van der Waals surface area contributed by atoms with Crippen molar-refractivity contribution in [3.63, 3.8) is 0 Å². The molecule has 5 heteroatoms. The average Bonchev–Trinajstić information content (AvgIpc) is 2.30. The number of anilines is 3. The van der Waals surface area contributed by atoms with E-state index >= 15 is 0 Å². The molecule has 0 atom stereocenters. The minimum atomic E-state index is -0.949. The molecule has 0 saturated heterocycles. The molecule has 2 rings (SSSR count). The molecule has 3 nitrogen and oxygen atoms in total. The molecular weight excluding hydrogens is 224 g/mol. The normalized spacial score (nSPS) is 10.3. The van der Waals surface area contributed by atoms with Gasteiger partial charge in [0.05, 0.1) is 11.4 Å². The highest BCUT2D eigenvalue weighted by Crippen LogP contribution is 2.24. The van der Waals surface area contributed by atoms with Crippen molar-refractivity contribution >= 4 is 17.2 Å². The summed E-state index contributed by atoms with van der Waals surface area (Å²) in [6.07, 6.45) is 0. The Balaban J connectivity index is 2.38. The van der Waals surface area contributed by atoms with Crippen molar-refractivity contribution in [3.05, 3.63) is 47.7 Å². The van der Waals surface area contributed by atoms with Gasteiger partial charge in [-0.25, -0.2) is 13.8 Å². The van der Waals surface area contributed by atoms with E-state index in [-0.39, 0.29) is 5.69 Å². The highest BCUT2D eigenvalue weighted by Gasteiger charge is 2.09. The Morgan fingerprint density at radius 1 is 1.18 bits per heavy atom. The largest absolute Gasteiger partial charge is 0.396 e. The summed E-state index contributed by atoms with van der Waals surface area (Å²) in [7, 11) is 0. The third-order valence-electron chi connectivity index (χ3n) is 2.27. The highest BCUT2D eigenvalue weighted by atomic mass is 19.2. The minimum Gasteiger partial charge on any atom is -0.396 e. The van der Waals surface area contributed by atoms with Crippen LogP contribution < -0.4 is 11.1 Å². The Hall–Kier alpha value is -2.17. The number of aryl methyl sites for hydroxylation is 1. The number of pyridine rings is 1. The van der Waals surface area contributed by atoms with Crippen molar-refractivity contribution in [2.24, 2.45) is 0 Å². The van der Waals surface area contributed by atoms with E-state index < -0.39 is 11.6 Å². The molecule has 1 aromatic heterocycles. The topological polar surface area (TPSA) is 50.9 Å². The lowest BCUT2D eigenvalue weighted by Crippen LogP contribution is -2.02. The number of aromatic nitrogens is 1. The van der Waals surface area contributed by atoms with Gasteiger partial charge in [0.25, 0.3) is 0 Å². The molecular formula is C12H11F2N3. The van der Waals surface area contributed by atoms with Crippen LogP contribution in [0.25, 0.3) is 0 Å². The molecule has 3 N–H and O–H groups in total. The van der Waals surface area contributed by atoms with Crippen LogP contribution in [-0.4, -0.2) is 4.98 Å². The Morgan fingerprint density at radius 3 is 2.71 bits per heavy atom. The van der Waals surface area contributed by atoms with Crippen LogP contribution in [0.5, 0.6) is 0 Å². The van der Waals surface area contributed by atoms with Gasteiger partial charge in [-0.15, -0.1) is 0 Å². The summed E-state index contributed by atoms with van der Waals surface area (Å²) in [5.41, 5.74) is 6.80. The Kier molecular flexibility index (Phi) is 2.91. The summed E-state index contributed by atoms with van der Waals surface area (Å²) in [4.78, 5) is 4.11. The smallest absolute Gasteiger partial charge is 0.182 e. The van der Waals surface area contributed by atoms with Gasteiger partial charge in [-0.3, -0.25) is 0 Å². The van der Waals surface area contributed by atoms with Gasteiger partial charge in [0.2, 0.25) is 0 Å². The lowest BCUT2D eigenvalue weighted by atomic mass is 10.2. The van der Waals surface area contributed by atoms with Crippen LogP contribution in [-0.2, 0) is 0 Å². The van der Waals surface area contributed by atoms with Crippen molar-refractivity contribution in [1.29, 1.82) is 0 Å². The Labute approximate surface area is 97.3 Å². The molecule has 0 spiro atoms. The first-order valence-electron chi connectivity index (χ1n) is 5.02. The number of halogens is 2. The number of nitrogens with one attached hydrogen (secondary N) is 1. The standard InChI is InChI=1S/C12H11F2N3/c1-7-5-6-9(15)12(16-7)17-10-4-2-3-8(13)11(10)14/h2-6H,15H2,1H3,(H,16,17). The average molecular weight is 235 g/mol. The molecule has 0 aliphatic heterocycles. The summed E-state index contributed by atoms with van der Waals surface area (Å²) < 4.78 is 26.4. The third-order valence-corrected chi connectivity index (χ3v) is 2.27. The Morgan fingerprint density at radius 2 is 1.94 bits per heavy atom. The third kappa shape index (κ3) is 2.33. The first-order chi connectivity index (χ1) is 8.08. The lowest BCUT2D eigenvalue weighted by Gasteiger charge is -2.09. The molecule has 1 heterocycles. The van der Waals surface area contributed by atoms with Crippen LogP contribution >= 0.6 is 0 Å². The summed E-state index contributed by atoms with van der Waals surface area (Å²) in [6.45, 7) is 1.78. The second kappa shape index (κ2) is 4.37. The zero-order valence-corrected chi connectivity index (χ0v) is 9.17. The van der Waals surface area contributed by atoms with Crippen molar-refractivity contribution in [3.8, 4) is 0 Å². The van der Waals surface area contributed by atoms with E-state index in [4.69, 9.17) is 5.73 Å². The molecule has 1 aromatic carbocycles. The minimum absolute atomic E-state index is 0.00907. The number of hydrogen-bond donors (Lipinski definition) is 2. The first-order valence-corrected chi connectivity index (χ1v) is 5.02. The maximum atomic E-state index is 13.4. The molecule has 0 fully saturated rings. The van der Waals surface area contributed by atoms with Gasteiger partial charge in [0, 0.05) is 5.69 Å². The summed E-state index contributed by atoms with van der Waals surface area (Å²) >= 11 is 0. The molecule has 0 bridgehead atoms. The number of hydrogen-bond acceptors (Lipinski definition) is 3. The molecule has 0 aliphatic rings. The second-order valence-electron chi connectivity index (χ2n) is 3.62. The predicted octanol–water partition coefficient (Wildman–Crippen LogP) is 2.99. The number of nitrogens with two attached hydrogens (primary N) is 1. The highest BCUT2D eigenvalue weighted by molar-refractivity contribution is 5.68. The van der Waals surface area contributed by atoms with Crippen molar-refractivity contribution < 1.29 is 8.78 Å². The van der Waals surface area contributed by atoms with Crippen molar-refractivity contribution in [2.75, 3.05) is 11.1 Å². The molecule has 17 heavy (non-hydrogen) atoms. The summed E-state index contributed by atoms with van der Waals surface area (Å²) in [5.74, 6) is -1.55. The summed E-state index contributed by atoms with van der Waals surface area (Å²) in [5, 5.41) is 2.67. The molecule has 0 amide bonds. The van der Waals surface area contributed by atoms with Gasteiger partial charge in [-0.1, -0.05) is 6.07 Å². The second-order valence-corrected chi connectivity index (χ2v) is 3.62. The van der Waals surface area contributed by atoms with Crippen molar-refractivity contribution in [2.45, 2.75) is 6.92 Å². The quantitative estimate of drug-likeness (QED) is 0.841. The van der Waals surface area contributed by atoms with Crippen molar-refractivity contribution in [1.82, 2.24) is 4.98 Å². The number of nitrogen functional groups attached to an aromatic ring is 1. The maximum Gasteiger partial charge on any atom is 0.182 e. The van der Waals surface area contributed by atoms with Crippen LogP contribution in [0.15, 0.2) is 30.3 Å². The van der Waals surface area contributed by atoms with Gasteiger partial charge >= 0.3 is 0 Å². The first kappa shape index (κ1) is 11.3. The predicted molar refractivity (Wildman–Crippen MR) is 63.0 cm³/mol. The van der Waals surface area contributed by atoms with Crippen LogP contribution in [0.1, 0.15) is 5.69 Å². The van der Waals surface area contributed by atoms with Crippen LogP contribution in [0, 0.1) is 18.6 Å². The van der Waals surface area contributed by atoms with Gasteiger partial charge < -0.3 is 11.1 Å². The molecule has 2 aromatic rings. The number of rotatable bonds is 2. The molecule has 0 aliphatic carbocycles. The Bertz CT molecular complexity index is 555. The summed E-state index contributed by atoms with van der Waals surface area (Å²) in [6, 6.07) is 7.27. The SMILES string of the molecule is Cc1ccc(N)c(Nc2cccc(F)c2F)n1. The van der Waals surface area contributed by atoms with Gasteiger partial charge in [0.1, 0.15) is 0 Å². The fourth-order valence-corrected chi connectivity index (χ4v) is 1.40. The fourth-order valence-electron chi connectivity index (χ4n) is 1.40. The van der Waals surface area contributed by atoms with Crippen LogP contribution in [0.2, 0.25) is 0 Å². The monoisotopic (exact) mass is 235 g/mol. The van der Waals surface area contributed by atoms with Gasteiger partial charge in [-0.05, 0) is 31.2 Å². The van der Waals surface area contributed by atoms with E-state index in [1.807, 2.05) is 0 Å². The van der Waals surface area contributed by atoms with E-state index in [1.165, 1.54) is 12.1 Å². The fraction of sp³-hybridized carbons (Fsp3) is 0.0833. The zero-order chi connectivity index (χ0) is 12.4. The molecule has 0 unspecified atom stereocenters.